The van der Waals surface area contributed by atoms with E-state index < -0.39 is 0 Å². The van der Waals surface area contributed by atoms with Gasteiger partial charge in [0.2, 0.25) is 0 Å². The topological polar surface area (TPSA) is 80.3 Å². The number of hydrogen-bond acceptors (Lipinski definition) is 5. The van der Waals surface area contributed by atoms with Gasteiger partial charge in [0.1, 0.15) is 26.2 Å². The highest BCUT2D eigenvalue weighted by molar-refractivity contribution is 5.13. The summed E-state index contributed by atoms with van der Waals surface area (Å²) in [5.41, 5.74) is 1.63. The second-order valence-corrected chi connectivity index (χ2v) is 6.42. The lowest BCUT2D eigenvalue weighted by molar-refractivity contribution is -0.961. The minimum Gasteiger partial charge on any atom is -0.370 e. The van der Waals surface area contributed by atoms with E-state index in [0.29, 0.717) is 4.90 Å². The van der Waals surface area contributed by atoms with Crippen molar-refractivity contribution in [2.45, 2.75) is 24.9 Å². The van der Waals surface area contributed by atoms with E-state index in [2.05, 4.69) is 5.16 Å². The Morgan fingerprint density at radius 3 is 2.09 bits per heavy atom. The van der Waals surface area contributed by atoms with Crippen molar-refractivity contribution in [3.63, 3.8) is 0 Å². The van der Waals surface area contributed by atoms with Crippen LogP contribution in [0.3, 0.4) is 0 Å². The summed E-state index contributed by atoms with van der Waals surface area (Å²) in [5, 5.41) is 16.3. The van der Waals surface area contributed by atoms with Gasteiger partial charge in [0, 0.05) is 18.0 Å². The molecule has 0 spiro atoms. The lowest BCUT2D eigenvalue weighted by Gasteiger charge is -2.35. The van der Waals surface area contributed by atoms with Crippen molar-refractivity contribution in [2.75, 3.05) is 52.6 Å². The van der Waals surface area contributed by atoms with Gasteiger partial charge in [-0.2, -0.15) is 0 Å². The SMILES string of the molecule is [O-][n+]1onc2c1[C@H]([NH+]1CCOCC1)CC[C@@H]2[NH+]1CCOCC1. The molecule has 0 amide bonds. The van der Waals surface area contributed by atoms with Crippen LogP contribution in [0.15, 0.2) is 4.63 Å². The fraction of sp³-hybridized carbons (Fsp3) is 0.857. The van der Waals surface area contributed by atoms with E-state index in [1.807, 2.05) is 0 Å². The number of nitrogens with one attached hydrogen (secondary N) is 2. The highest BCUT2D eigenvalue weighted by Crippen LogP contribution is 2.30. The van der Waals surface area contributed by atoms with Crippen LogP contribution in [0, 0.1) is 5.21 Å². The molecule has 8 heteroatoms. The van der Waals surface area contributed by atoms with Gasteiger partial charge in [-0.3, -0.25) is 4.63 Å². The normalized spacial score (nSPS) is 31.1. The molecule has 2 N–H and O–H groups in total. The lowest BCUT2D eigenvalue weighted by atomic mass is 9.89. The average molecular weight is 312 g/mol. The summed E-state index contributed by atoms with van der Waals surface area (Å²) < 4.78 is 15.9. The smallest absolute Gasteiger partial charge is 0.284 e. The summed E-state index contributed by atoms with van der Waals surface area (Å²) in [7, 11) is 0. The monoisotopic (exact) mass is 312 g/mol. The van der Waals surface area contributed by atoms with E-state index >= 15 is 0 Å². The summed E-state index contributed by atoms with van der Waals surface area (Å²) in [6.07, 6.45) is 2.07. The van der Waals surface area contributed by atoms with Crippen LogP contribution in [0.4, 0.5) is 0 Å². The van der Waals surface area contributed by atoms with Crippen molar-refractivity contribution in [3.8, 4) is 0 Å². The van der Waals surface area contributed by atoms with Crippen LogP contribution >= 0.6 is 0 Å². The highest BCUT2D eigenvalue weighted by atomic mass is 16.8. The molecule has 0 saturated carbocycles. The molecule has 8 nitrogen and oxygen atoms in total. The number of rotatable bonds is 2. The lowest BCUT2D eigenvalue weighted by Crippen LogP contribution is -3.16. The molecule has 0 unspecified atom stereocenters. The van der Waals surface area contributed by atoms with Gasteiger partial charge < -0.3 is 24.5 Å². The van der Waals surface area contributed by atoms with Crippen molar-refractivity contribution < 1.29 is 28.8 Å². The zero-order chi connectivity index (χ0) is 14.9. The van der Waals surface area contributed by atoms with Crippen LogP contribution in [0.5, 0.6) is 0 Å². The summed E-state index contributed by atoms with van der Waals surface area (Å²) >= 11 is 0. The molecule has 2 saturated heterocycles. The first kappa shape index (κ1) is 14.4. The average Bonchev–Trinajstić information content (AvgIpc) is 2.98. The summed E-state index contributed by atoms with van der Waals surface area (Å²) in [4.78, 5) is 3.54. The number of morpholine rings is 2. The Hall–Kier alpha value is -1.22. The Balaban J connectivity index is 1.60. The standard InChI is InChI=1S/C14H22N4O4/c19-18-14-12(17-5-9-21-10-6-17)2-1-11(13(14)15-22-18)16-3-7-20-8-4-16/h11-12H,1-10H2/p+2/t11-,12+/m0/s1. The minimum atomic E-state index is 0.194. The molecule has 2 aliphatic heterocycles. The van der Waals surface area contributed by atoms with Gasteiger partial charge in [0.25, 0.3) is 11.4 Å². The number of nitrogens with zero attached hydrogens (tertiary/aromatic N) is 2. The Labute approximate surface area is 129 Å². The maximum atomic E-state index is 12.2. The first-order valence-corrected chi connectivity index (χ1v) is 8.29. The zero-order valence-electron chi connectivity index (χ0n) is 12.8. The number of ether oxygens (including phenoxy) is 2. The van der Waals surface area contributed by atoms with Crippen molar-refractivity contribution in [1.82, 2.24) is 5.16 Å². The maximum Gasteiger partial charge on any atom is 0.284 e. The molecular formula is C14H24N4O4+2. The highest BCUT2D eigenvalue weighted by Gasteiger charge is 2.47. The van der Waals surface area contributed by atoms with Crippen LogP contribution in [0.1, 0.15) is 36.3 Å². The molecule has 122 valence electrons. The van der Waals surface area contributed by atoms with Crippen LogP contribution in [0.2, 0.25) is 0 Å². The van der Waals surface area contributed by atoms with E-state index in [0.717, 1.165) is 76.8 Å². The first-order chi connectivity index (χ1) is 10.8. The van der Waals surface area contributed by atoms with Crippen LogP contribution < -0.4 is 14.7 Å². The molecule has 1 aromatic rings. The maximum absolute atomic E-state index is 12.2. The van der Waals surface area contributed by atoms with Crippen molar-refractivity contribution in [1.29, 1.82) is 0 Å². The molecule has 0 aromatic carbocycles. The molecule has 1 aliphatic carbocycles. The van der Waals surface area contributed by atoms with Crippen LogP contribution in [-0.2, 0) is 9.47 Å². The second-order valence-electron chi connectivity index (χ2n) is 6.42. The van der Waals surface area contributed by atoms with E-state index in [9.17, 15) is 5.21 Å². The molecule has 22 heavy (non-hydrogen) atoms. The predicted molar refractivity (Wildman–Crippen MR) is 73.2 cm³/mol. The quantitative estimate of drug-likeness (QED) is 0.570. The Morgan fingerprint density at radius 2 is 1.45 bits per heavy atom. The number of quaternary nitrogens is 2. The molecule has 3 aliphatic rings. The van der Waals surface area contributed by atoms with Crippen LogP contribution in [-0.4, -0.2) is 57.8 Å². The Kier molecular flexibility index (Phi) is 4.00. The minimum absolute atomic E-state index is 0.194. The van der Waals surface area contributed by atoms with Crippen molar-refractivity contribution in [2.24, 2.45) is 0 Å². The fourth-order valence-electron chi connectivity index (χ4n) is 4.18. The third-order valence-corrected chi connectivity index (χ3v) is 5.33. The molecule has 2 fully saturated rings. The molecule has 4 rings (SSSR count). The van der Waals surface area contributed by atoms with Gasteiger partial charge in [0.15, 0.2) is 12.1 Å². The molecule has 0 bridgehead atoms. The first-order valence-electron chi connectivity index (χ1n) is 8.29. The number of aromatic nitrogens is 2. The van der Waals surface area contributed by atoms with Gasteiger partial charge >= 0.3 is 0 Å². The van der Waals surface area contributed by atoms with Gasteiger partial charge in [-0.25, -0.2) is 0 Å². The van der Waals surface area contributed by atoms with E-state index in [1.165, 1.54) is 9.80 Å². The van der Waals surface area contributed by atoms with E-state index in [1.54, 1.807) is 0 Å². The van der Waals surface area contributed by atoms with Crippen LogP contribution in [0.25, 0.3) is 0 Å². The predicted octanol–water partition coefficient (Wildman–Crippen LogP) is -2.99. The second kappa shape index (κ2) is 6.11. The summed E-state index contributed by atoms with van der Waals surface area (Å²) in [5.74, 6) is 0. The van der Waals surface area contributed by atoms with Crippen molar-refractivity contribution in [3.05, 3.63) is 16.6 Å². The molecule has 1 aromatic heterocycles. The molecular weight excluding hydrogens is 288 g/mol. The molecule has 2 atom stereocenters. The third-order valence-electron chi connectivity index (χ3n) is 5.33. The van der Waals surface area contributed by atoms with Gasteiger partial charge in [-0.1, -0.05) is 0 Å². The van der Waals surface area contributed by atoms with E-state index in [-0.39, 0.29) is 12.1 Å². The molecule has 0 radical (unpaired) electrons. The fourth-order valence-corrected chi connectivity index (χ4v) is 4.18. The largest absolute Gasteiger partial charge is 0.370 e. The summed E-state index contributed by atoms with van der Waals surface area (Å²) in [6, 6.07) is 0.467. The summed E-state index contributed by atoms with van der Waals surface area (Å²) in [6.45, 7) is 6.96. The number of fused-ring (bicyclic) bond motifs is 1. The van der Waals surface area contributed by atoms with Gasteiger partial charge in [0.05, 0.1) is 26.4 Å². The number of hydrogen-bond donors (Lipinski definition) is 2. The van der Waals surface area contributed by atoms with E-state index in [4.69, 9.17) is 14.1 Å². The van der Waals surface area contributed by atoms with Gasteiger partial charge in [-0.15, -0.1) is 0 Å². The van der Waals surface area contributed by atoms with Crippen molar-refractivity contribution >= 4 is 0 Å². The Morgan fingerprint density at radius 1 is 0.909 bits per heavy atom. The third kappa shape index (κ3) is 2.50. The Bertz CT molecular complexity index is 511. The zero-order valence-corrected chi connectivity index (χ0v) is 12.8. The molecule has 3 heterocycles. The van der Waals surface area contributed by atoms with Gasteiger partial charge in [-0.05, 0) is 4.90 Å².